The summed E-state index contributed by atoms with van der Waals surface area (Å²) in [5, 5.41) is 4.20. The second-order valence-electron chi connectivity index (χ2n) is 12.4. The topological polar surface area (TPSA) is 82.1 Å². The Hall–Kier alpha value is -2.27. The van der Waals surface area contributed by atoms with Crippen molar-refractivity contribution in [3.63, 3.8) is 0 Å². The fourth-order valence-corrected chi connectivity index (χ4v) is 7.79. The van der Waals surface area contributed by atoms with Crippen molar-refractivity contribution in [3.8, 4) is 0 Å². The van der Waals surface area contributed by atoms with Crippen LogP contribution in [0.15, 0.2) is 58.4 Å². The van der Waals surface area contributed by atoms with Crippen LogP contribution in [0.2, 0.25) is 10.0 Å². The molecule has 7 nitrogen and oxygen atoms in total. The number of aliphatic imine (C=N–C) groups is 1. The van der Waals surface area contributed by atoms with Crippen LogP contribution in [-0.4, -0.2) is 66.5 Å². The Balaban J connectivity index is 1.38. The molecule has 0 bridgehead atoms. The van der Waals surface area contributed by atoms with Crippen molar-refractivity contribution >= 4 is 45.0 Å². The van der Waals surface area contributed by atoms with E-state index in [4.69, 9.17) is 28.2 Å². The van der Waals surface area contributed by atoms with Gasteiger partial charge in [-0.05, 0) is 62.9 Å². The van der Waals surface area contributed by atoms with Crippen molar-refractivity contribution in [1.82, 2.24) is 14.5 Å². The van der Waals surface area contributed by atoms with E-state index in [9.17, 15) is 22.0 Å². The van der Waals surface area contributed by atoms with Gasteiger partial charge in [0.15, 0.2) is 6.04 Å². The smallest absolute Gasteiger partial charge is 0.252 e. The van der Waals surface area contributed by atoms with E-state index < -0.39 is 39.0 Å². The third-order valence-electron chi connectivity index (χ3n) is 8.96. The van der Waals surface area contributed by atoms with Gasteiger partial charge < -0.3 is 10.2 Å². The molecular formula is C30H36Cl2F2N4O3S. The first-order valence-corrected chi connectivity index (χ1v) is 16.3. The molecule has 0 unspecified atom stereocenters. The molecule has 1 amide bonds. The van der Waals surface area contributed by atoms with Crippen molar-refractivity contribution in [1.29, 1.82) is 0 Å². The minimum Gasteiger partial charge on any atom is -0.366 e. The van der Waals surface area contributed by atoms with Gasteiger partial charge >= 0.3 is 0 Å². The van der Waals surface area contributed by atoms with E-state index in [1.54, 1.807) is 55.6 Å². The van der Waals surface area contributed by atoms with Gasteiger partial charge in [0.05, 0.1) is 20.5 Å². The molecule has 228 valence electrons. The number of nitrogens with zero attached hydrogens (tertiary/aromatic N) is 3. The van der Waals surface area contributed by atoms with E-state index in [0.29, 0.717) is 27.9 Å². The molecular weight excluding hydrogens is 605 g/mol. The number of carbonyl (C=O) groups excluding carboxylic acids is 1. The highest BCUT2D eigenvalue weighted by atomic mass is 35.5. The van der Waals surface area contributed by atoms with E-state index in [-0.39, 0.29) is 36.7 Å². The molecule has 1 aliphatic heterocycles. The molecule has 42 heavy (non-hydrogen) atoms. The molecule has 1 atom stereocenters. The lowest BCUT2D eigenvalue weighted by Crippen LogP contribution is -2.58. The number of halogens is 4. The quantitative estimate of drug-likeness (QED) is 0.338. The molecule has 0 saturated heterocycles. The zero-order chi connectivity index (χ0) is 30.5. The fraction of sp³-hybridized carbons (Fsp3) is 0.533. The number of carbonyl (C=O) groups is 1. The summed E-state index contributed by atoms with van der Waals surface area (Å²) in [5.74, 6) is -2.32. The predicted octanol–water partition coefficient (Wildman–Crippen LogP) is 6.15. The molecule has 2 aromatic rings. The lowest BCUT2D eigenvalue weighted by atomic mass is 9.65. The summed E-state index contributed by atoms with van der Waals surface area (Å²) in [6.07, 6.45) is 2.38. The number of nitrogens with one attached hydrogen (secondary N) is 1. The van der Waals surface area contributed by atoms with Crippen LogP contribution in [0.4, 0.5) is 8.78 Å². The molecule has 2 aromatic carbocycles. The van der Waals surface area contributed by atoms with Gasteiger partial charge in [0, 0.05) is 44.4 Å². The average molecular weight is 642 g/mol. The number of hydrogen-bond donors (Lipinski definition) is 1. The third-order valence-corrected chi connectivity index (χ3v) is 11.6. The molecule has 2 fully saturated rings. The van der Waals surface area contributed by atoms with E-state index in [0.717, 1.165) is 19.3 Å². The maximum Gasteiger partial charge on any atom is 0.252 e. The second kappa shape index (κ2) is 11.3. The maximum atomic E-state index is 13.8. The van der Waals surface area contributed by atoms with Gasteiger partial charge in [0.1, 0.15) is 5.84 Å². The summed E-state index contributed by atoms with van der Waals surface area (Å²) in [5.41, 5.74) is -0.429. The number of alkyl halides is 2. The summed E-state index contributed by atoms with van der Waals surface area (Å²) < 4.78 is 56.1. The largest absolute Gasteiger partial charge is 0.366 e. The lowest BCUT2D eigenvalue weighted by molar-refractivity contribution is -0.152. The van der Waals surface area contributed by atoms with Gasteiger partial charge in [-0.2, -0.15) is 4.31 Å². The molecule has 0 radical (unpaired) electrons. The predicted molar refractivity (Wildman–Crippen MR) is 161 cm³/mol. The summed E-state index contributed by atoms with van der Waals surface area (Å²) in [4.78, 5) is 19.9. The Kier molecular flexibility index (Phi) is 8.41. The normalized spacial score (nSPS) is 22.6. The Morgan fingerprint density at radius 1 is 1.07 bits per heavy atom. The van der Waals surface area contributed by atoms with Gasteiger partial charge in [-0.15, -0.1) is 0 Å². The Labute approximate surface area is 256 Å². The highest BCUT2D eigenvalue weighted by Crippen LogP contribution is 2.48. The summed E-state index contributed by atoms with van der Waals surface area (Å²) in [6.45, 7) is 4.10. The number of hydrogen-bond acceptors (Lipinski definition) is 5. The van der Waals surface area contributed by atoms with Crippen LogP contribution in [-0.2, 0) is 21.4 Å². The van der Waals surface area contributed by atoms with Crippen LogP contribution in [0.25, 0.3) is 0 Å². The van der Waals surface area contributed by atoms with E-state index in [1.165, 1.54) is 9.21 Å². The number of likely N-dealkylation sites (N-methyl/N-ethyl adjacent to an activating group) is 1. The Morgan fingerprint density at radius 2 is 1.74 bits per heavy atom. The molecule has 1 heterocycles. The number of amidine groups is 1. The number of amides is 1. The van der Waals surface area contributed by atoms with Crippen LogP contribution < -0.4 is 5.32 Å². The zero-order valence-corrected chi connectivity index (χ0v) is 26.2. The molecule has 5 rings (SSSR count). The number of rotatable bonds is 10. The molecule has 2 saturated carbocycles. The molecule has 2 aliphatic carbocycles. The van der Waals surface area contributed by atoms with E-state index in [2.05, 4.69) is 5.32 Å². The standard InChI is InChI=1S/C30H36Cl2F2N4O3S/c1-28(2)25(26(39)37(3)21-17-30(33,34)18-21)35-27(36-28)29(12-7-13-29)14-15-38(19-20-10-11-23(31)24(32)16-20)42(40,41)22-8-5-4-6-9-22/h4-6,8-11,16,21,25H,7,12-15,17-19H2,1-3H3,(H,35,36)/t25-/m0/s1. The average Bonchev–Trinajstić information content (AvgIpc) is 3.22. The molecule has 0 aromatic heterocycles. The van der Waals surface area contributed by atoms with E-state index >= 15 is 0 Å². The minimum absolute atomic E-state index is 0.105. The summed E-state index contributed by atoms with van der Waals surface area (Å²) >= 11 is 12.3. The lowest BCUT2D eigenvalue weighted by Gasteiger charge is -2.44. The summed E-state index contributed by atoms with van der Waals surface area (Å²) in [7, 11) is -2.28. The maximum absolute atomic E-state index is 13.8. The van der Waals surface area contributed by atoms with Gasteiger partial charge in [0.2, 0.25) is 15.9 Å². The van der Waals surface area contributed by atoms with Crippen LogP contribution in [0.3, 0.4) is 0 Å². The van der Waals surface area contributed by atoms with Crippen molar-refractivity contribution in [2.24, 2.45) is 10.4 Å². The second-order valence-corrected chi connectivity index (χ2v) is 15.1. The van der Waals surface area contributed by atoms with Gasteiger partial charge in [0.25, 0.3) is 5.92 Å². The molecule has 12 heteroatoms. The Morgan fingerprint density at radius 3 is 2.31 bits per heavy atom. The minimum atomic E-state index is -3.85. The highest BCUT2D eigenvalue weighted by Gasteiger charge is 2.53. The van der Waals surface area contributed by atoms with Gasteiger partial charge in [-0.25, -0.2) is 17.2 Å². The van der Waals surface area contributed by atoms with E-state index in [1.807, 2.05) is 13.8 Å². The number of benzene rings is 2. The van der Waals surface area contributed by atoms with Crippen molar-refractivity contribution in [2.45, 2.75) is 87.4 Å². The first-order chi connectivity index (χ1) is 19.6. The highest BCUT2D eigenvalue weighted by molar-refractivity contribution is 7.89. The van der Waals surface area contributed by atoms with Crippen molar-refractivity contribution in [2.75, 3.05) is 13.6 Å². The zero-order valence-electron chi connectivity index (χ0n) is 23.9. The first kappa shape index (κ1) is 31.2. The fourth-order valence-electron chi connectivity index (χ4n) is 6.02. The van der Waals surface area contributed by atoms with Crippen molar-refractivity contribution < 1.29 is 22.0 Å². The first-order valence-electron chi connectivity index (χ1n) is 14.1. The monoisotopic (exact) mass is 640 g/mol. The number of sulfonamides is 1. The molecule has 1 N–H and O–H groups in total. The molecule has 0 spiro atoms. The SMILES string of the molecule is CN(C(=O)[C@@H]1N=C(C2(CCN(Cc3ccc(Cl)c(Cl)c3)S(=O)(=O)c3ccccc3)CCC2)NC1(C)C)C1CC(F)(F)C1. The van der Waals surface area contributed by atoms with Gasteiger partial charge in [-0.3, -0.25) is 9.79 Å². The van der Waals surface area contributed by atoms with Crippen LogP contribution >= 0.6 is 23.2 Å². The van der Waals surface area contributed by atoms with Crippen LogP contribution in [0.5, 0.6) is 0 Å². The van der Waals surface area contributed by atoms with Crippen LogP contribution in [0, 0.1) is 5.41 Å². The third kappa shape index (κ3) is 6.05. The Bertz CT molecular complexity index is 1470. The van der Waals surface area contributed by atoms with Gasteiger partial charge in [-0.1, -0.05) is 53.9 Å². The summed E-state index contributed by atoms with van der Waals surface area (Å²) in [6, 6.07) is 12.1. The van der Waals surface area contributed by atoms with Crippen molar-refractivity contribution in [3.05, 3.63) is 64.1 Å². The molecule has 3 aliphatic rings. The van der Waals surface area contributed by atoms with Crippen LogP contribution in [0.1, 0.15) is 57.9 Å².